The van der Waals surface area contributed by atoms with Gasteiger partial charge in [0.2, 0.25) is 0 Å². The van der Waals surface area contributed by atoms with Crippen LogP contribution in [0.5, 0.6) is 0 Å². The maximum absolute atomic E-state index is 13.0. The topological polar surface area (TPSA) is 36.1 Å². The summed E-state index contributed by atoms with van der Waals surface area (Å²) in [5, 5.41) is 1.20. The number of amides is 1. The predicted octanol–water partition coefficient (Wildman–Crippen LogP) is 3.98. The fraction of sp³-hybridized carbons (Fsp3) is 0.105. The van der Waals surface area contributed by atoms with Crippen LogP contribution in [-0.2, 0) is 6.42 Å². The van der Waals surface area contributed by atoms with E-state index in [-0.39, 0.29) is 11.7 Å². The minimum Gasteiger partial charge on any atom is -0.355 e. The van der Waals surface area contributed by atoms with Gasteiger partial charge in [0, 0.05) is 34.9 Å². The Morgan fingerprint density at radius 1 is 1.09 bits per heavy atom. The van der Waals surface area contributed by atoms with Crippen molar-refractivity contribution < 1.29 is 9.18 Å². The molecule has 1 aliphatic heterocycles. The van der Waals surface area contributed by atoms with Crippen molar-refractivity contribution in [2.75, 3.05) is 6.54 Å². The van der Waals surface area contributed by atoms with Crippen LogP contribution in [0.25, 0.3) is 17.0 Å². The quantitative estimate of drug-likeness (QED) is 0.725. The Morgan fingerprint density at radius 3 is 2.70 bits per heavy atom. The Labute approximate surface area is 133 Å². The van der Waals surface area contributed by atoms with Gasteiger partial charge in [0.15, 0.2) is 0 Å². The molecule has 2 heterocycles. The van der Waals surface area contributed by atoms with Crippen LogP contribution in [0.15, 0.2) is 54.7 Å². The lowest BCUT2D eigenvalue weighted by Gasteiger charge is -2.17. The molecule has 4 heteroatoms. The maximum Gasteiger partial charge on any atom is 0.257 e. The molecule has 114 valence electrons. The molecule has 1 N–H and O–H groups in total. The molecule has 0 unspecified atom stereocenters. The van der Waals surface area contributed by atoms with Crippen molar-refractivity contribution in [1.29, 1.82) is 0 Å². The monoisotopic (exact) mass is 306 g/mol. The molecule has 0 atom stereocenters. The lowest BCUT2D eigenvalue weighted by atomic mass is 10.1. The summed E-state index contributed by atoms with van der Waals surface area (Å²) >= 11 is 0. The Balaban J connectivity index is 1.64. The molecule has 0 aliphatic carbocycles. The largest absolute Gasteiger partial charge is 0.355 e. The van der Waals surface area contributed by atoms with E-state index in [9.17, 15) is 9.18 Å². The number of nitrogens with one attached hydrogen (secondary N) is 1. The first-order valence-electron chi connectivity index (χ1n) is 7.57. The number of hydrogen-bond acceptors (Lipinski definition) is 1. The summed E-state index contributed by atoms with van der Waals surface area (Å²) in [5.74, 6) is -0.454. The van der Waals surface area contributed by atoms with Crippen LogP contribution < -0.4 is 0 Å². The van der Waals surface area contributed by atoms with E-state index in [0.29, 0.717) is 12.1 Å². The Hall–Kier alpha value is -2.88. The number of aromatic nitrogens is 1. The summed E-state index contributed by atoms with van der Waals surface area (Å²) < 4.78 is 13.0. The lowest BCUT2D eigenvalue weighted by molar-refractivity contribution is 0.0825. The summed E-state index contributed by atoms with van der Waals surface area (Å²) in [6.07, 6.45) is 4.51. The van der Waals surface area contributed by atoms with Crippen molar-refractivity contribution in [3.63, 3.8) is 0 Å². The molecule has 2 aromatic carbocycles. The second-order valence-electron chi connectivity index (χ2n) is 5.63. The molecule has 1 aromatic heterocycles. The highest BCUT2D eigenvalue weighted by molar-refractivity contribution is 5.96. The molecule has 0 radical (unpaired) electrons. The number of rotatable bonds is 1. The van der Waals surface area contributed by atoms with Crippen LogP contribution in [0.3, 0.4) is 0 Å². The zero-order valence-corrected chi connectivity index (χ0v) is 12.4. The van der Waals surface area contributed by atoms with E-state index in [1.165, 1.54) is 35.2 Å². The number of aromatic amines is 1. The Morgan fingerprint density at radius 2 is 1.87 bits per heavy atom. The molecule has 0 fully saturated rings. The van der Waals surface area contributed by atoms with E-state index in [2.05, 4.69) is 17.1 Å². The number of para-hydroxylation sites is 1. The van der Waals surface area contributed by atoms with Crippen LogP contribution in [0, 0.1) is 5.82 Å². The molecule has 23 heavy (non-hydrogen) atoms. The number of nitrogens with zero attached hydrogens (tertiary/aromatic N) is 1. The van der Waals surface area contributed by atoms with Crippen LogP contribution in [-0.4, -0.2) is 22.3 Å². The number of benzene rings is 2. The van der Waals surface area contributed by atoms with Crippen molar-refractivity contribution in [2.24, 2.45) is 0 Å². The molecular weight excluding hydrogens is 291 g/mol. The Bertz CT molecular complexity index is 909. The van der Waals surface area contributed by atoms with Crippen LogP contribution >= 0.6 is 0 Å². The van der Waals surface area contributed by atoms with E-state index in [0.717, 1.165) is 17.6 Å². The fourth-order valence-corrected chi connectivity index (χ4v) is 3.03. The van der Waals surface area contributed by atoms with Crippen molar-refractivity contribution in [1.82, 2.24) is 9.88 Å². The third kappa shape index (κ3) is 2.42. The van der Waals surface area contributed by atoms with E-state index in [4.69, 9.17) is 0 Å². The second-order valence-corrected chi connectivity index (χ2v) is 5.63. The van der Waals surface area contributed by atoms with Gasteiger partial charge in [0.25, 0.3) is 5.91 Å². The highest BCUT2D eigenvalue weighted by atomic mass is 19.1. The number of fused-ring (bicyclic) bond motifs is 3. The third-order valence-corrected chi connectivity index (χ3v) is 4.22. The number of H-pyrrole nitrogens is 1. The fourth-order valence-electron chi connectivity index (χ4n) is 3.03. The predicted molar refractivity (Wildman–Crippen MR) is 88.5 cm³/mol. The molecule has 0 bridgehead atoms. The van der Waals surface area contributed by atoms with E-state index >= 15 is 0 Å². The van der Waals surface area contributed by atoms with Crippen LogP contribution in [0.4, 0.5) is 4.39 Å². The van der Waals surface area contributed by atoms with Crippen molar-refractivity contribution >= 4 is 22.9 Å². The normalized spacial score (nSPS) is 13.9. The van der Waals surface area contributed by atoms with E-state index in [1.807, 2.05) is 18.2 Å². The number of carbonyl (C=O) groups excluding carboxylic acids is 1. The van der Waals surface area contributed by atoms with Crippen molar-refractivity contribution in [3.05, 3.63) is 77.4 Å². The summed E-state index contributed by atoms with van der Waals surface area (Å²) in [6, 6.07) is 13.8. The highest BCUT2D eigenvalue weighted by Crippen LogP contribution is 2.26. The van der Waals surface area contributed by atoms with Gasteiger partial charge in [-0.1, -0.05) is 18.2 Å². The van der Waals surface area contributed by atoms with Gasteiger partial charge in [-0.3, -0.25) is 4.79 Å². The lowest BCUT2D eigenvalue weighted by Crippen LogP contribution is -2.27. The zero-order valence-electron chi connectivity index (χ0n) is 12.4. The van der Waals surface area contributed by atoms with Gasteiger partial charge in [-0.25, -0.2) is 4.39 Å². The summed E-state index contributed by atoms with van der Waals surface area (Å²) in [5.41, 5.74) is 3.87. The minimum atomic E-state index is -0.339. The first kappa shape index (κ1) is 13.8. The molecule has 1 aliphatic rings. The van der Waals surface area contributed by atoms with E-state index in [1.54, 1.807) is 11.1 Å². The summed E-state index contributed by atoms with van der Waals surface area (Å²) in [4.78, 5) is 17.6. The van der Waals surface area contributed by atoms with E-state index < -0.39 is 0 Å². The number of halogens is 1. The molecule has 3 aromatic rings. The maximum atomic E-state index is 13.0. The molecule has 0 saturated heterocycles. The zero-order chi connectivity index (χ0) is 15.8. The van der Waals surface area contributed by atoms with Gasteiger partial charge in [0.1, 0.15) is 5.82 Å². The van der Waals surface area contributed by atoms with Gasteiger partial charge >= 0.3 is 0 Å². The van der Waals surface area contributed by atoms with Gasteiger partial charge in [-0.2, -0.15) is 0 Å². The highest BCUT2D eigenvalue weighted by Gasteiger charge is 2.18. The van der Waals surface area contributed by atoms with Gasteiger partial charge in [-0.05, 0) is 48.4 Å². The van der Waals surface area contributed by atoms with Crippen LogP contribution in [0.2, 0.25) is 0 Å². The average Bonchev–Trinajstić information content (AvgIpc) is 2.79. The van der Waals surface area contributed by atoms with Crippen molar-refractivity contribution in [2.45, 2.75) is 6.42 Å². The van der Waals surface area contributed by atoms with Gasteiger partial charge in [0.05, 0.1) is 0 Å². The molecule has 4 rings (SSSR count). The molecule has 1 amide bonds. The number of hydrogen-bond donors (Lipinski definition) is 1. The molecule has 3 nitrogen and oxygen atoms in total. The smallest absolute Gasteiger partial charge is 0.257 e. The second kappa shape index (κ2) is 5.39. The standard InChI is InChI=1S/C19H15FN2O/c20-14-7-5-13(6-8-14)19(23)22-11-9-16-15-3-1-2-4-17(15)21-18(16)10-12-22/h1-8,10,12,21H,9,11H2. The third-order valence-electron chi connectivity index (χ3n) is 4.22. The summed E-state index contributed by atoms with van der Waals surface area (Å²) in [7, 11) is 0. The molecule has 0 saturated carbocycles. The SMILES string of the molecule is O=C(c1ccc(F)cc1)N1C=Cc2[nH]c3ccccc3c2CC1. The summed E-state index contributed by atoms with van der Waals surface area (Å²) in [6.45, 7) is 0.599. The number of carbonyl (C=O) groups is 1. The van der Waals surface area contributed by atoms with Crippen LogP contribution in [0.1, 0.15) is 21.6 Å². The van der Waals surface area contributed by atoms with Gasteiger partial charge in [-0.15, -0.1) is 0 Å². The first-order valence-corrected chi connectivity index (χ1v) is 7.57. The Kier molecular flexibility index (Phi) is 3.23. The minimum absolute atomic E-state index is 0.115. The average molecular weight is 306 g/mol. The van der Waals surface area contributed by atoms with Crippen molar-refractivity contribution in [3.8, 4) is 0 Å². The molecular formula is C19H15FN2O. The first-order chi connectivity index (χ1) is 11.2. The van der Waals surface area contributed by atoms with Gasteiger partial charge < -0.3 is 9.88 Å². The molecule has 0 spiro atoms.